The van der Waals surface area contributed by atoms with Crippen molar-refractivity contribution in [2.24, 2.45) is 17.3 Å². The highest BCUT2D eigenvalue weighted by Crippen LogP contribution is 2.61. The van der Waals surface area contributed by atoms with Crippen LogP contribution in [0.2, 0.25) is 0 Å². The van der Waals surface area contributed by atoms with Gasteiger partial charge in [-0.15, -0.1) is 0 Å². The van der Waals surface area contributed by atoms with Gasteiger partial charge < -0.3 is 9.30 Å². The molecule has 2 N–H and O–H groups in total. The second-order valence-electron chi connectivity index (χ2n) is 8.03. The highest BCUT2D eigenvalue weighted by molar-refractivity contribution is 5.86. The van der Waals surface area contributed by atoms with E-state index in [0.717, 1.165) is 50.0 Å². The predicted molar refractivity (Wildman–Crippen MR) is 90.7 cm³/mol. The van der Waals surface area contributed by atoms with Gasteiger partial charge in [-0.05, 0) is 50.4 Å². The molecule has 0 saturated heterocycles. The van der Waals surface area contributed by atoms with E-state index in [2.05, 4.69) is 15.8 Å². The average Bonchev–Trinajstić information content (AvgIpc) is 3.48. The lowest BCUT2D eigenvalue weighted by molar-refractivity contribution is -0.126. The molecular formula is C18H24N4O3. The number of anilines is 1. The number of carbonyl (C=O) groups excluding carboxylic acids is 1. The van der Waals surface area contributed by atoms with Crippen molar-refractivity contribution in [1.29, 1.82) is 0 Å². The largest absolute Gasteiger partial charge is 0.375 e. The second kappa shape index (κ2) is 5.56. The molecule has 1 amide bonds. The van der Waals surface area contributed by atoms with Gasteiger partial charge in [0.2, 0.25) is 11.7 Å². The van der Waals surface area contributed by atoms with Gasteiger partial charge in [0.25, 0.3) is 5.56 Å². The van der Waals surface area contributed by atoms with E-state index >= 15 is 0 Å². The van der Waals surface area contributed by atoms with Crippen LogP contribution >= 0.6 is 0 Å². The van der Waals surface area contributed by atoms with E-state index in [1.54, 1.807) is 0 Å². The minimum Gasteiger partial charge on any atom is -0.375 e. The van der Waals surface area contributed by atoms with Crippen LogP contribution in [0.15, 0.2) is 4.79 Å². The molecular weight excluding hydrogens is 320 g/mol. The molecule has 0 unspecified atom stereocenters. The number of hydrazine groups is 1. The zero-order chi connectivity index (χ0) is 17.0. The molecule has 0 spiro atoms. The van der Waals surface area contributed by atoms with E-state index in [9.17, 15) is 9.59 Å². The number of ether oxygens (including phenoxy) is 1. The number of hydrogen-bond donors (Lipinski definition) is 2. The quantitative estimate of drug-likeness (QED) is 0.761. The molecule has 3 saturated carbocycles. The summed E-state index contributed by atoms with van der Waals surface area (Å²) in [7, 11) is 0. The molecule has 25 heavy (non-hydrogen) atoms. The summed E-state index contributed by atoms with van der Waals surface area (Å²) in [5, 5.41) is 0. The Morgan fingerprint density at radius 1 is 1.28 bits per heavy atom. The number of carbonyl (C=O) groups is 1. The van der Waals surface area contributed by atoms with Gasteiger partial charge in [0.15, 0.2) is 0 Å². The van der Waals surface area contributed by atoms with Gasteiger partial charge in [-0.1, -0.05) is 0 Å². The van der Waals surface area contributed by atoms with E-state index in [4.69, 9.17) is 4.74 Å². The lowest BCUT2D eigenvalue weighted by atomic mass is 10.0. The van der Waals surface area contributed by atoms with Gasteiger partial charge in [-0.3, -0.25) is 20.4 Å². The minimum atomic E-state index is -0.183. The van der Waals surface area contributed by atoms with Crippen molar-refractivity contribution < 1.29 is 9.53 Å². The van der Waals surface area contributed by atoms with Crippen molar-refractivity contribution in [2.45, 2.75) is 58.1 Å². The van der Waals surface area contributed by atoms with E-state index in [0.29, 0.717) is 25.0 Å². The molecule has 134 valence electrons. The van der Waals surface area contributed by atoms with Crippen LogP contribution in [0, 0.1) is 17.3 Å². The van der Waals surface area contributed by atoms with Crippen LogP contribution in [0.4, 0.5) is 5.82 Å². The molecule has 4 aliphatic rings. The van der Waals surface area contributed by atoms with Crippen LogP contribution in [-0.4, -0.2) is 22.1 Å². The standard InChI is InChI=1S/C18H24N4O3/c23-16-15(20-21-17(24)18(6-7-18)12-3-4-12)19-13-10-25-8-5-14(13)22(16)9-11-1-2-11/h11-12H,1-10H2,(H,19,20)(H,21,24). The Hall–Kier alpha value is -1.89. The molecule has 1 aliphatic heterocycles. The van der Waals surface area contributed by atoms with Crippen molar-refractivity contribution >= 4 is 11.7 Å². The summed E-state index contributed by atoms with van der Waals surface area (Å²) in [4.78, 5) is 29.8. The predicted octanol–water partition coefficient (Wildman–Crippen LogP) is 1.36. The minimum absolute atomic E-state index is 0.0129. The number of rotatable bonds is 6. The van der Waals surface area contributed by atoms with E-state index in [1.165, 1.54) is 12.8 Å². The maximum atomic E-state index is 12.9. The summed E-state index contributed by atoms with van der Waals surface area (Å²) in [6.45, 7) is 1.81. The lowest BCUT2D eigenvalue weighted by Gasteiger charge is -2.22. The number of fused-ring (bicyclic) bond motifs is 1. The summed E-state index contributed by atoms with van der Waals surface area (Å²) in [5.41, 5.74) is 7.08. The maximum absolute atomic E-state index is 12.9. The molecule has 3 aliphatic carbocycles. The third kappa shape index (κ3) is 2.74. The van der Waals surface area contributed by atoms with Crippen molar-refractivity contribution in [1.82, 2.24) is 15.0 Å². The highest BCUT2D eigenvalue weighted by Gasteiger charge is 2.59. The fourth-order valence-corrected chi connectivity index (χ4v) is 4.05. The van der Waals surface area contributed by atoms with Gasteiger partial charge in [0.05, 0.1) is 24.3 Å². The van der Waals surface area contributed by atoms with Crippen LogP contribution in [0.3, 0.4) is 0 Å². The molecule has 1 aromatic heterocycles. The highest BCUT2D eigenvalue weighted by atomic mass is 16.5. The Bertz CT molecular complexity index is 775. The Labute approximate surface area is 146 Å². The maximum Gasteiger partial charge on any atom is 0.295 e. The number of nitrogens with one attached hydrogen (secondary N) is 2. The molecule has 5 rings (SSSR count). The number of hydrogen-bond acceptors (Lipinski definition) is 5. The van der Waals surface area contributed by atoms with E-state index in [-0.39, 0.29) is 22.7 Å². The molecule has 7 heteroatoms. The van der Waals surface area contributed by atoms with Gasteiger partial charge in [-0.25, -0.2) is 4.98 Å². The van der Waals surface area contributed by atoms with Crippen molar-refractivity contribution in [3.05, 3.63) is 21.7 Å². The summed E-state index contributed by atoms with van der Waals surface area (Å²) in [5.74, 6) is 1.36. The average molecular weight is 344 g/mol. The van der Waals surface area contributed by atoms with Crippen molar-refractivity contribution in [3.63, 3.8) is 0 Å². The molecule has 0 aromatic carbocycles. The first kappa shape index (κ1) is 15.4. The normalized spacial score (nSPS) is 23.7. The Morgan fingerprint density at radius 2 is 2.08 bits per heavy atom. The second-order valence-corrected chi connectivity index (χ2v) is 8.03. The van der Waals surface area contributed by atoms with Crippen molar-refractivity contribution in [3.8, 4) is 0 Å². The first-order valence-corrected chi connectivity index (χ1v) is 9.44. The van der Waals surface area contributed by atoms with Crippen LogP contribution in [0.1, 0.15) is 49.9 Å². The summed E-state index contributed by atoms with van der Waals surface area (Å²) in [6.07, 6.45) is 7.31. The molecule has 2 heterocycles. The van der Waals surface area contributed by atoms with E-state index in [1.807, 2.05) is 4.57 Å². The lowest BCUT2D eigenvalue weighted by Crippen LogP contribution is -2.41. The van der Waals surface area contributed by atoms with Crippen LogP contribution in [-0.2, 0) is 29.1 Å². The number of aromatic nitrogens is 2. The third-order valence-electron chi connectivity index (χ3n) is 6.11. The fourth-order valence-electron chi connectivity index (χ4n) is 4.05. The van der Waals surface area contributed by atoms with Gasteiger partial charge in [-0.2, -0.15) is 0 Å². The Morgan fingerprint density at radius 3 is 2.76 bits per heavy atom. The van der Waals surface area contributed by atoms with Gasteiger partial charge in [0, 0.05) is 18.7 Å². The Kier molecular flexibility index (Phi) is 3.42. The molecule has 1 aromatic rings. The third-order valence-corrected chi connectivity index (χ3v) is 6.11. The smallest absolute Gasteiger partial charge is 0.295 e. The van der Waals surface area contributed by atoms with E-state index < -0.39 is 0 Å². The molecule has 0 atom stereocenters. The van der Waals surface area contributed by atoms with Crippen LogP contribution in [0.25, 0.3) is 0 Å². The SMILES string of the molecule is O=C(NNc1nc2c(n(CC3CC3)c1=O)CCOC2)C1(C2CC2)CC1. The van der Waals surface area contributed by atoms with Crippen LogP contribution < -0.4 is 16.4 Å². The first-order chi connectivity index (χ1) is 12.2. The summed E-state index contributed by atoms with van der Waals surface area (Å²) < 4.78 is 7.35. The number of amides is 1. The molecule has 7 nitrogen and oxygen atoms in total. The summed E-state index contributed by atoms with van der Waals surface area (Å²) >= 11 is 0. The zero-order valence-electron chi connectivity index (χ0n) is 14.3. The topological polar surface area (TPSA) is 85.3 Å². The molecule has 0 bridgehead atoms. The first-order valence-electron chi connectivity index (χ1n) is 9.44. The monoisotopic (exact) mass is 344 g/mol. The molecule has 0 radical (unpaired) electrons. The van der Waals surface area contributed by atoms with Gasteiger partial charge >= 0.3 is 0 Å². The molecule has 3 fully saturated rings. The number of nitrogens with zero attached hydrogens (tertiary/aromatic N) is 2. The Balaban J connectivity index is 1.38. The summed E-state index contributed by atoms with van der Waals surface area (Å²) in [6, 6.07) is 0. The zero-order valence-corrected chi connectivity index (χ0v) is 14.3. The van der Waals surface area contributed by atoms with Gasteiger partial charge in [0.1, 0.15) is 0 Å². The van der Waals surface area contributed by atoms with Crippen LogP contribution in [0.5, 0.6) is 0 Å². The van der Waals surface area contributed by atoms with Crippen molar-refractivity contribution in [2.75, 3.05) is 12.0 Å². The fraction of sp³-hybridized carbons (Fsp3) is 0.722.